The lowest BCUT2D eigenvalue weighted by Gasteiger charge is -2.18. The number of ether oxygens (including phenoxy) is 1. The first-order valence-electron chi connectivity index (χ1n) is 8.89. The molecule has 6 heteroatoms. The zero-order chi connectivity index (χ0) is 19.4. The van der Waals surface area contributed by atoms with Crippen LogP contribution < -0.4 is 10.2 Å². The molecule has 2 aromatic rings. The molecule has 1 aliphatic rings. The summed E-state index contributed by atoms with van der Waals surface area (Å²) in [5, 5.41) is 2.75. The maximum atomic E-state index is 12.5. The van der Waals surface area contributed by atoms with Crippen LogP contribution in [0.25, 0.3) is 0 Å². The number of hydrogen-bond acceptors (Lipinski definition) is 4. The average Bonchev–Trinajstić information content (AvgIpc) is 3.08. The third-order valence-corrected chi connectivity index (χ3v) is 4.49. The number of para-hydroxylation sites is 1. The number of nitrogens with one attached hydrogen (secondary N) is 1. The van der Waals surface area contributed by atoms with E-state index in [2.05, 4.69) is 5.32 Å². The lowest BCUT2D eigenvalue weighted by molar-refractivity contribution is -0.119. The monoisotopic (exact) mass is 366 g/mol. The summed E-state index contributed by atoms with van der Waals surface area (Å²) in [7, 11) is 0. The van der Waals surface area contributed by atoms with E-state index >= 15 is 0 Å². The molecule has 27 heavy (non-hydrogen) atoms. The first-order valence-corrected chi connectivity index (χ1v) is 8.89. The van der Waals surface area contributed by atoms with Crippen LogP contribution in [0, 0.1) is 13.8 Å². The van der Waals surface area contributed by atoms with E-state index < -0.39 is 18.5 Å². The van der Waals surface area contributed by atoms with Gasteiger partial charge in [-0.1, -0.05) is 24.3 Å². The standard InChI is InChI=1S/C21H22N2O4/c1-14-9-10-15(2)17(12-14)22-19(24)13-27-21(26)16-6-3-4-7-18(16)23-11-5-8-20(23)25/h3-4,6-7,9-10,12H,5,8,11,13H2,1-2H3,(H,22,24). The zero-order valence-corrected chi connectivity index (χ0v) is 15.5. The van der Waals surface area contributed by atoms with Crippen LogP contribution in [0.2, 0.25) is 0 Å². The molecule has 0 saturated carbocycles. The zero-order valence-electron chi connectivity index (χ0n) is 15.5. The van der Waals surface area contributed by atoms with Crippen molar-refractivity contribution in [2.75, 3.05) is 23.4 Å². The molecule has 0 spiro atoms. The SMILES string of the molecule is Cc1ccc(C)c(NC(=O)COC(=O)c2ccccc2N2CCCC2=O)c1. The van der Waals surface area contributed by atoms with Crippen molar-refractivity contribution in [3.05, 3.63) is 59.2 Å². The van der Waals surface area contributed by atoms with E-state index in [0.717, 1.165) is 17.5 Å². The van der Waals surface area contributed by atoms with Gasteiger partial charge in [0.15, 0.2) is 6.61 Å². The van der Waals surface area contributed by atoms with Gasteiger partial charge in [-0.2, -0.15) is 0 Å². The molecule has 0 atom stereocenters. The van der Waals surface area contributed by atoms with Gasteiger partial charge in [-0.05, 0) is 49.6 Å². The summed E-state index contributed by atoms with van der Waals surface area (Å²) in [6.45, 7) is 4.01. The number of amides is 2. The van der Waals surface area contributed by atoms with Gasteiger partial charge < -0.3 is 15.0 Å². The van der Waals surface area contributed by atoms with Crippen LogP contribution in [0.1, 0.15) is 34.3 Å². The molecule has 1 saturated heterocycles. The normalized spacial score (nSPS) is 13.6. The lowest BCUT2D eigenvalue weighted by Crippen LogP contribution is -2.27. The third kappa shape index (κ3) is 4.34. The Kier molecular flexibility index (Phi) is 5.54. The fourth-order valence-corrected chi connectivity index (χ4v) is 3.05. The molecule has 0 aromatic heterocycles. The number of anilines is 2. The number of carbonyl (C=O) groups excluding carboxylic acids is 3. The molecule has 2 aromatic carbocycles. The van der Waals surface area contributed by atoms with Crippen LogP contribution in [0.3, 0.4) is 0 Å². The summed E-state index contributed by atoms with van der Waals surface area (Å²) in [4.78, 5) is 38.2. The van der Waals surface area contributed by atoms with Crippen LogP contribution in [0.5, 0.6) is 0 Å². The van der Waals surface area contributed by atoms with Gasteiger partial charge in [-0.25, -0.2) is 4.79 Å². The Balaban J connectivity index is 1.65. The Hall–Kier alpha value is -3.15. The van der Waals surface area contributed by atoms with Crippen LogP contribution in [-0.2, 0) is 14.3 Å². The number of benzene rings is 2. The van der Waals surface area contributed by atoms with Gasteiger partial charge in [0.1, 0.15) is 0 Å². The van der Waals surface area contributed by atoms with Crippen molar-refractivity contribution in [3.63, 3.8) is 0 Å². The van der Waals surface area contributed by atoms with Gasteiger partial charge in [-0.3, -0.25) is 9.59 Å². The number of nitrogens with zero attached hydrogens (tertiary/aromatic N) is 1. The first-order chi connectivity index (χ1) is 13.0. The Labute approximate surface area is 158 Å². The van der Waals surface area contributed by atoms with Crippen LogP contribution >= 0.6 is 0 Å². The first kappa shape index (κ1) is 18.6. The second-order valence-corrected chi connectivity index (χ2v) is 6.61. The molecule has 1 heterocycles. The maximum Gasteiger partial charge on any atom is 0.340 e. The highest BCUT2D eigenvalue weighted by molar-refractivity contribution is 6.04. The molecule has 1 aliphatic heterocycles. The molecule has 0 bridgehead atoms. The largest absolute Gasteiger partial charge is 0.452 e. The fraction of sp³-hybridized carbons (Fsp3) is 0.286. The van der Waals surface area contributed by atoms with Crippen molar-refractivity contribution in [1.29, 1.82) is 0 Å². The summed E-state index contributed by atoms with van der Waals surface area (Å²) in [6.07, 6.45) is 1.24. The van der Waals surface area contributed by atoms with Gasteiger partial charge in [0, 0.05) is 18.7 Å². The molecule has 2 amide bonds. The molecular weight excluding hydrogens is 344 g/mol. The van der Waals surface area contributed by atoms with Crippen molar-refractivity contribution in [2.45, 2.75) is 26.7 Å². The van der Waals surface area contributed by atoms with Gasteiger partial charge in [0.25, 0.3) is 5.91 Å². The molecule has 140 valence electrons. The molecule has 6 nitrogen and oxygen atoms in total. The van der Waals surface area contributed by atoms with E-state index in [-0.39, 0.29) is 11.5 Å². The van der Waals surface area contributed by atoms with Gasteiger partial charge in [0.2, 0.25) is 5.91 Å². The summed E-state index contributed by atoms with van der Waals surface area (Å²) in [5.41, 5.74) is 3.46. The minimum absolute atomic E-state index is 0.0112. The molecule has 0 aliphatic carbocycles. The van der Waals surface area contributed by atoms with Crippen LogP contribution in [0.15, 0.2) is 42.5 Å². The quantitative estimate of drug-likeness (QED) is 0.825. The van der Waals surface area contributed by atoms with E-state index in [1.807, 2.05) is 32.0 Å². The number of carbonyl (C=O) groups is 3. The molecule has 1 fully saturated rings. The number of rotatable bonds is 5. The highest BCUT2D eigenvalue weighted by Crippen LogP contribution is 2.26. The topological polar surface area (TPSA) is 75.7 Å². The Morgan fingerprint density at radius 3 is 2.67 bits per heavy atom. The van der Waals surface area contributed by atoms with Gasteiger partial charge >= 0.3 is 5.97 Å². The lowest BCUT2D eigenvalue weighted by atomic mass is 10.1. The minimum Gasteiger partial charge on any atom is -0.452 e. The Morgan fingerprint density at radius 1 is 1.15 bits per heavy atom. The van der Waals surface area contributed by atoms with E-state index in [0.29, 0.717) is 24.3 Å². The highest BCUT2D eigenvalue weighted by Gasteiger charge is 2.26. The van der Waals surface area contributed by atoms with Crippen molar-refractivity contribution in [2.24, 2.45) is 0 Å². The van der Waals surface area contributed by atoms with E-state index in [1.54, 1.807) is 29.2 Å². The number of esters is 1. The van der Waals surface area contributed by atoms with Crippen molar-refractivity contribution >= 4 is 29.2 Å². The highest BCUT2D eigenvalue weighted by atomic mass is 16.5. The van der Waals surface area contributed by atoms with E-state index in [9.17, 15) is 14.4 Å². The summed E-state index contributed by atoms with van der Waals surface area (Å²) in [5.74, 6) is -1.05. The molecule has 0 radical (unpaired) electrons. The fourth-order valence-electron chi connectivity index (χ4n) is 3.05. The number of hydrogen-bond donors (Lipinski definition) is 1. The van der Waals surface area contributed by atoms with E-state index in [4.69, 9.17) is 4.74 Å². The van der Waals surface area contributed by atoms with Crippen molar-refractivity contribution < 1.29 is 19.1 Å². The average molecular weight is 366 g/mol. The maximum absolute atomic E-state index is 12.5. The van der Waals surface area contributed by atoms with Gasteiger partial charge in [-0.15, -0.1) is 0 Å². The third-order valence-electron chi connectivity index (χ3n) is 4.49. The van der Waals surface area contributed by atoms with E-state index in [1.165, 1.54) is 0 Å². The molecule has 3 rings (SSSR count). The van der Waals surface area contributed by atoms with Crippen molar-refractivity contribution in [3.8, 4) is 0 Å². The Bertz CT molecular complexity index is 892. The molecule has 1 N–H and O–H groups in total. The van der Waals surface area contributed by atoms with Crippen LogP contribution in [0.4, 0.5) is 11.4 Å². The molecular formula is C21H22N2O4. The number of aryl methyl sites for hydroxylation is 2. The summed E-state index contributed by atoms with van der Waals surface area (Å²) in [6, 6.07) is 12.5. The minimum atomic E-state index is -0.624. The van der Waals surface area contributed by atoms with Gasteiger partial charge in [0.05, 0.1) is 11.3 Å². The second-order valence-electron chi connectivity index (χ2n) is 6.61. The Morgan fingerprint density at radius 2 is 1.93 bits per heavy atom. The second kappa shape index (κ2) is 8.03. The predicted octanol–water partition coefficient (Wildman–Crippen LogP) is 3.23. The summed E-state index contributed by atoms with van der Waals surface area (Å²) >= 11 is 0. The predicted molar refractivity (Wildman–Crippen MR) is 103 cm³/mol. The summed E-state index contributed by atoms with van der Waals surface area (Å²) < 4.78 is 5.18. The smallest absolute Gasteiger partial charge is 0.340 e. The van der Waals surface area contributed by atoms with Crippen LogP contribution in [-0.4, -0.2) is 30.9 Å². The van der Waals surface area contributed by atoms with Crippen molar-refractivity contribution in [1.82, 2.24) is 0 Å². The molecule has 0 unspecified atom stereocenters.